The van der Waals surface area contributed by atoms with E-state index < -0.39 is 0 Å². The van der Waals surface area contributed by atoms with Crippen LogP contribution in [0.15, 0.2) is 17.0 Å². The number of hydrogen-bond donors (Lipinski definition) is 1. The molecule has 1 aliphatic heterocycles. The van der Waals surface area contributed by atoms with Crippen LogP contribution in [0.25, 0.3) is 0 Å². The maximum absolute atomic E-state index is 9.79. The van der Waals surface area contributed by atoms with E-state index in [-0.39, 0.29) is 0 Å². The van der Waals surface area contributed by atoms with E-state index in [9.17, 15) is 5.11 Å². The second-order valence-electron chi connectivity index (χ2n) is 5.15. The van der Waals surface area contributed by atoms with Crippen molar-refractivity contribution < 1.29 is 5.11 Å². The maximum atomic E-state index is 9.79. The number of hydrogen-bond acceptors (Lipinski definition) is 1. The monoisotopic (exact) mass is 237 g/mol. The predicted octanol–water partition coefficient (Wildman–Crippen LogP) is 3.41. The lowest BCUT2D eigenvalue weighted by molar-refractivity contribution is 0.466. The highest BCUT2D eigenvalue weighted by Gasteiger charge is 2.39. The average molecular weight is 237 g/mol. The van der Waals surface area contributed by atoms with Crippen LogP contribution in [0.4, 0.5) is 0 Å². The Hall–Kier alpha value is -0.630. The Morgan fingerprint density at radius 3 is 2.19 bits per heavy atom. The normalized spacial score (nSPS) is 29.6. The highest BCUT2D eigenvalue weighted by molar-refractivity contribution is 7.97. The van der Waals surface area contributed by atoms with Crippen LogP contribution >= 0.6 is 0 Å². The van der Waals surface area contributed by atoms with Crippen LogP contribution in [0.2, 0.25) is 0 Å². The first-order valence-electron chi connectivity index (χ1n) is 5.99. The minimum absolute atomic E-state index is 0.395. The molecule has 1 aromatic carbocycles. The Kier molecular flexibility index (Phi) is 3.20. The first-order valence-corrected chi connectivity index (χ1v) is 7.44. The summed E-state index contributed by atoms with van der Waals surface area (Å²) in [4.78, 5) is 1.45. The zero-order valence-corrected chi connectivity index (χ0v) is 11.4. The van der Waals surface area contributed by atoms with Gasteiger partial charge >= 0.3 is 0 Å². The molecule has 1 aliphatic rings. The molecule has 88 valence electrons. The molecule has 2 rings (SSSR count). The summed E-state index contributed by atoms with van der Waals surface area (Å²) in [7, 11) is 0.395. The fourth-order valence-electron chi connectivity index (χ4n) is 2.62. The number of rotatable bonds is 1. The fourth-order valence-corrected chi connectivity index (χ4v) is 5.57. The Morgan fingerprint density at radius 1 is 1.19 bits per heavy atom. The molecule has 1 heterocycles. The van der Waals surface area contributed by atoms with E-state index in [2.05, 4.69) is 26.0 Å². The molecular formula is C14H21OS+. The number of aromatic hydroxyl groups is 1. The molecule has 0 radical (unpaired) electrons. The zero-order chi connectivity index (χ0) is 11.9. The van der Waals surface area contributed by atoms with Crippen molar-refractivity contribution in [2.75, 3.05) is 5.75 Å². The minimum atomic E-state index is 0.395. The molecule has 1 fully saturated rings. The summed E-state index contributed by atoms with van der Waals surface area (Å²) < 4.78 is 0. The van der Waals surface area contributed by atoms with Gasteiger partial charge in [0.25, 0.3) is 0 Å². The van der Waals surface area contributed by atoms with Crippen molar-refractivity contribution in [3.8, 4) is 5.75 Å². The molecule has 1 aromatic rings. The number of phenolic OH excluding ortho intramolecular Hbond substituents is 1. The fraction of sp³-hybridized carbons (Fsp3) is 0.571. The molecule has 0 saturated carbocycles. The molecule has 3 unspecified atom stereocenters. The van der Waals surface area contributed by atoms with Gasteiger partial charge in [-0.3, -0.25) is 0 Å². The van der Waals surface area contributed by atoms with Gasteiger partial charge in [0.05, 0.1) is 0 Å². The Morgan fingerprint density at radius 2 is 1.75 bits per heavy atom. The van der Waals surface area contributed by atoms with Gasteiger partial charge in [0.2, 0.25) is 0 Å². The van der Waals surface area contributed by atoms with E-state index in [1.54, 1.807) is 0 Å². The SMILES string of the molecule is Cc1cc([S+]2CC(C)CC2C)cc(C)c1O. The van der Waals surface area contributed by atoms with Gasteiger partial charge in [-0.2, -0.15) is 0 Å². The molecule has 0 spiro atoms. The van der Waals surface area contributed by atoms with Crippen LogP contribution in [-0.4, -0.2) is 16.1 Å². The van der Waals surface area contributed by atoms with Gasteiger partial charge in [0, 0.05) is 23.2 Å². The van der Waals surface area contributed by atoms with Crippen LogP contribution in [0, 0.1) is 19.8 Å². The number of aryl methyl sites for hydroxylation is 2. The standard InChI is InChI=1S/C14H20OS/c1-9-5-12(4)16(8-9)13-6-10(2)14(15)11(3)7-13/h6-7,9,12H,5,8H2,1-4H3/p+1. The first-order chi connectivity index (χ1) is 7.49. The van der Waals surface area contributed by atoms with E-state index in [1.165, 1.54) is 17.1 Å². The molecular weight excluding hydrogens is 216 g/mol. The molecule has 0 aliphatic carbocycles. The third kappa shape index (κ3) is 2.08. The third-order valence-corrected chi connectivity index (χ3v) is 6.38. The van der Waals surface area contributed by atoms with Crippen molar-refractivity contribution in [2.24, 2.45) is 5.92 Å². The highest BCUT2D eigenvalue weighted by Crippen LogP contribution is 2.35. The zero-order valence-electron chi connectivity index (χ0n) is 10.6. The Bertz CT molecular complexity index is 377. The lowest BCUT2D eigenvalue weighted by Gasteiger charge is -2.09. The van der Waals surface area contributed by atoms with E-state index >= 15 is 0 Å². The van der Waals surface area contributed by atoms with Crippen molar-refractivity contribution in [3.05, 3.63) is 23.3 Å². The lowest BCUT2D eigenvalue weighted by Crippen LogP contribution is -2.13. The van der Waals surface area contributed by atoms with E-state index in [0.717, 1.165) is 22.3 Å². The first kappa shape index (κ1) is 11.8. The molecule has 1 N–H and O–H groups in total. The second-order valence-corrected chi connectivity index (χ2v) is 7.62. The molecule has 0 aromatic heterocycles. The van der Waals surface area contributed by atoms with Crippen molar-refractivity contribution in [3.63, 3.8) is 0 Å². The summed E-state index contributed by atoms with van der Waals surface area (Å²) >= 11 is 0. The molecule has 1 nitrogen and oxygen atoms in total. The molecule has 2 heteroatoms. The van der Waals surface area contributed by atoms with Crippen molar-refractivity contribution in [2.45, 2.75) is 44.3 Å². The quantitative estimate of drug-likeness (QED) is 0.742. The predicted molar refractivity (Wildman–Crippen MR) is 71.3 cm³/mol. The lowest BCUT2D eigenvalue weighted by atomic mass is 10.1. The van der Waals surface area contributed by atoms with Crippen LogP contribution in [0.1, 0.15) is 31.4 Å². The van der Waals surface area contributed by atoms with Crippen LogP contribution < -0.4 is 0 Å². The summed E-state index contributed by atoms with van der Waals surface area (Å²) in [5.74, 6) is 2.64. The van der Waals surface area contributed by atoms with Gasteiger partial charge in [0.15, 0.2) is 4.90 Å². The Labute approximate surface area is 101 Å². The average Bonchev–Trinajstić information content (AvgIpc) is 2.53. The molecule has 0 amide bonds. The summed E-state index contributed by atoms with van der Waals surface area (Å²) in [6.07, 6.45) is 1.35. The molecule has 0 bridgehead atoms. The Balaban J connectivity index is 2.34. The minimum Gasteiger partial charge on any atom is -0.507 e. The summed E-state index contributed by atoms with van der Waals surface area (Å²) in [5.41, 5.74) is 2.04. The smallest absolute Gasteiger partial charge is 0.155 e. The van der Waals surface area contributed by atoms with Gasteiger partial charge in [0.1, 0.15) is 16.8 Å². The van der Waals surface area contributed by atoms with E-state index in [1.807, 2.05) is 13.8 Å². The summed E-state index contributed by atoms with van der Waals surface area (Å²) in [6.45, 7) is 8.71. The van der Waals surface area contributed by atoms with Crippen LogP contribution in [0.5, 0.6) is 5.75 Å². The molecule has 1 saturated heterocycles. The topological polar surface area (TPSA) is 20.2 Å². The van der Waals surface area contributed by atoms with Crippen LogP contribution in [0.3, 0.4) is 0 Å². The van der Waals surface area contributed by atoms with Gasteiger partial charge in [-0.1, -0.05) is 6.92 Å². The number of phenols is 1. The second kappa shape index (κ2) is 4.33. The highest BCUT2D eigenvalue weighted by atomic mass is 32.2. The summed E-state index contributed by atoms with van der Waals surface area (Å²) in [6, 6.07) is 4.36. The van der Waals surface area contributed by atoms with Crippen LogP contribution in [-0.2, 0) is 10.9 Å². The van der Waals surface area contributed by atoms with Gasteiger partial charge < -0.3 is 5.11 Å². The summed E-state index contributed by atoms with van der Waals surface area (Å²) in [5, 5.41) is 10.6. The molecule has 16 heavy (non-hydrogen) atoms. The maximum Gasteiger partial charge on any atom is 0.155 e. The van der Waals surface area contributed by atoms with Gasteiger partial charge in [-0.05, 0) is 44.0 Å². The number of benzene rings is 1. The van der Waals surface area contributed by atoms with Gasteiger partial charge in [-0.25, -0.2) is 0 Å². The van der Waals surface area contributed by atoms with E-state index in [4.69, 9.17) is 0 Å². The molecule has 3 atom stereocenters. The van der Waals surface area contributed by atoms with Crippen molar-refractivity contribution in [1.29, 1.82) is 0 Å². The largest absolute Gasteiger partial charge is 0.507 e. The van der Waals surface area contributed by atoms with E-state index in [0.29, 0.717) is 16.6 Å². The van der Waals surface area contributed by atoms with Crippen molar-refractivity contribution in [1.82, 2.24) is 0 Å². The third-order valence-electron chi connectivity index (χ3n) is 3.45. The van der Waals surface area contributed by atoms with Crippen molar-refractivity contribution >= 4 is 10.9 Å². The van der Waals surface area contributed by atoms with Gasteiger partial charge in [-0.15, -0.1) is 0 Å².